The molecule has 0 aromatic carbocycles. The van der Waals surface area contributed by atoms with Crippen LogP contribution in [0.15, 0.2) is 5.38 Å². The highest BCUT2D eigenvalue weighted by atomic mass is 32.1. The zero-order valence-electron chi connectivity index (χ0n) is 6.69. The van der Waals surface area contributed by atoms with Crippen LogP contribution in [0.1, 0.15) is 10.7 Å². The van der Waals surface area contributed by atoms with Gasteiger partial charge in [-0.25, -0.2) is 4.98 Å². The molecule has 0 radical (unpaired) electrons. The third-order valence-electron chi connectivity index (χ3n) is 1.26. The normalized spacial score (nSPS) is 9.85. The van der Waals surface area contributed by atoms with Gasteiger partial charge < -0.3 is 10.8 Å². The summed E-state index contributed by atoms with van der Waals surface area (Å²) in [5.74, 6) is -1.40. The summed E-state index contributed by atoms with van der Waals surface area (Å²) in [6.07, 6.45) is -0.0421. The van der Waals surface area contributed by atoms with E-state index in [-0.39, 0.29) is 12.8 Å². The first-order chi connectivity index (χ1) is 6.08. The van der Waals surface area contributed by atoms with Crippen molar-refractivity contribution in [2.24, 2.45) is 5.73 Å². The fourth-order valence-electron chi connectivity index (χ4n) is 0.815. The number of carboxylic acids is 1. The Hall–Kier alpha value is -1.43. The molecule has 1 aromatic rings. The molecule has 0 fully saturated rings. The molecule has 0 saturated heterocycles. The molecule has 70 valence electrons. The molecule has 0 saturated carbocycles. The van der Waals surface area contributed by atoms with Gasteiger partial charge in [-0.2, -0.15) is 0 Å². The Labute approximate surface area is 78.2 Å². The minimum atomic E-state index is -0.934. The van der Waals surface area contributed by atoms with E-state index in [4.69, 9.17) is 10.8 Å². The second kappa shape index (κ2) is 3.99. The Morgan fingerprint density at radius 1 is 1.54 bits per heavy atom. The molecular weight excluding hydrogens is 192 g/mol. The topological polar surface area (TPSA) is 93.3 Å². The van der Waals surface area contributed by atoms with Gasteiger partial charge in [0.1, 0.15) is 5.01 Å². The molecule has 5 nitrogen and oxygen atoms in total. The van der Waals surface area contributed by atoms with Gasteiger partial charge in [-0.3, -0.25) is 9.59 Å². The lowest BCUT2D eigenvalue weighted by atomic mass is 10.3. The predicted molar refractivity (Wildman–Crippen MR) is 46.4 cm³/mol. The third kappa shape index (κ3) is 3.20. The quantitative estimate of drug-likeness (QED) is 0.703. The van der Waals surface area contributed by atoms with Gasteiger partial charge in [0.05, 0.1) is 18.5 Å². The number of carbonyl (C=O) groups excluding carboxylic acids is 1. The van der Waals surface area contributed by atoms with Crippen LogP contribution in [0.4, 0.5) is 0 Å². The fourth-order valence-corrected chi connectivity index (χ4v) is 1.62. The van der Waals surface area contributed by atoms with E-state index in [0.29, 0.717) is 10.7 Å². The summed E-state index contributed by atoms with van der Waals surface area (Å²) in [5.41, 5.74) is 5.41. The maximum atomic E-state index is 10.5. The van der Waals surface area contributed by atoms with E-state index in [1.54, 1.807) is 5.38 Å². The molecule has 1 aromatic heterocycles. The number of thiazole rings is 1. The van der Waals surface area contributed by atoms with Crippen LogP contribution < -0.4 is 5.73 Å². The van der Waals surface area contributed by atoms with Crippen LogP contribution in [-0.2, 0) is 22.4 Å². The molecule has 1 rings (SSSR count). The van der Waals surface area contributed by atoms with Crippen LogP contribution in [0.3, 0.4) is 0 Å². The number of aromatic nitrogens is 1. The second-order valence-electron chi connectivity index (χ2n) is 2.45. The maximum Gasteiger partial charge on any atom is 0.309 e. The van der Waals surface area contributed by atoms with Crippen LogP contribution in [0, 0.1) is 0 Å². The number of amides is 1. The molecule has 0 aliphatic carbocycles. The lowest BCUT2D eigenvalue weighted by Gasteiger charge is -1.88. The van der Waals surface area contributed by atoms with E-state index in [1.165, 1.54) is 11.3 Å². The van der Waals surface area contributed by atoms with Gasteiger partial charge in [-0.05, 0) is 0 Å². The van der Waals surface area contributed by atoms with Crippen molar-refractivity contribution in [3.8, 4) is 0 Å². The van der Waals surface area contributed by atoms with Crippen LogP contribution in [0.25, 0.3) is 0 Å². The van der Waals surface area contributed by atoms with Crippen LogP contribution in [0.2, 0.25) is 0 Å². The molecule has 0 atom stereocenters. The van der Waals surface area contributed by atoms with Crippen molar-refractivity contribution in [3.63, 3.8) is 0 Å². The van der Waals surface area contributed by atoms with Crippen molar-refractivity contribution in [3.05, 3.63) is 16.1 Å². The fraction of sp³-hybridized carbons (Fsp3) is 0.286. The van der Waals surface area contributed by atoms with E-state index >= 15 is 0 Å². The van der Waals surface area contributed by atoms with Crippen molar-refractivity contribution < 1.29 is 14.7 Å². The highest BCUT2D eigenvalue weighted by Crippen LogP contribution is 2.10. The van der Waals surface area contributed by atoms with Gasteiger partial charge in [0.25, 0.3) is 0 Å². The van der Waals surface area contributed by atoms with Gasteiger partial charge in [-0.1, -0.05) is 0 Å². The number of rotatable bonds is 4. The summed E-state index contributed by atoms with van der Waals surface area (Å²) in [4.78, 5) is 24.7. The highest BCUT2D eigenvalue weighted by molar-refractivity contribution is 7.09. The summed E-state index contributed by atoms with van der Waals surface area (Å²) in [5, 5.41) is 10.6. The van der Waals surface area contributed by atoms with E-state index in [2.05, 4.69) is 4.98 Å². The molecular formula is C7H8N2O3S. The Balaban J connectivity index is 2.63. The Morgan fingerprint density at radius 3 is 2.77 bits per heavy atom. The Kier molecular flexibility index (Phi) is 2.97. The third-order valence-corrected chi connectivity index (χ3v) is 2.15. The Morgan fingerprint density at radius 2 is 2.23 bits per heavy atom. The smallest absolute Gasteiger partial charge is 0.309 e. The van der Waals surface area contributed by atoms with E-state index in [0.717, 1.165) is 0 Å². The summed E-state index contributed by atoms with van der Waals surface area (Å²) < 4.78 is 0. The van der Waals surface area contributed by atoms with Crippen LogP contribution >= 0.6 is 11.3 Å². The summed E-state index contributed by atoms with van der Waals surface area (Å²) in [6.45, 7) is 0. The number of carbonyl (C=O) groups is 2. The number of aliphatic carboxylic acids is 1. The van der Waals surface area contributed by atoms with Gasteiger partial charge in [0.2, 0.25) is 5.91 Å². The second-order valence-corrected chi connectivity index (χ2v) is 3.39. The molecule has 0 aliphatic rings. The molecule has 6 heteroatoms. The number of hydrogen-bond acceptors (Lipinski definition) is 4. The van der Waals surface area contributed by atoms with E-state index in [9.17, 15) is 9.59 Å². The van der Waals surface area contributed by atoms with Gasteiger partial charge in [-0.15, -0.1) is 11.3 Å². The first kappa shape index (κ1) is 9.66. The minimum absolute atomic E-state index is 0.0737. The lowest BCUT2D eigenvalue weighted by molar-refractivity contribution is -0.136. The largest absolute Gasteiger partial charge is 0.481 e. The predicted octanol–water partition coefficient (Wildman–Crippen LogP) is -0.202. The number of carboxylic acid groups (broad SMARTS) is 1. The number of hydrogen-bond donors (Lipinski definition) is 2. The van der Waals surface area contributed by atoms with Crippen molar-refractivity contribution in [1.82, 2.24) is 4.98 Å². The molecule has 0 spiro atoms. The molecule has 0 aliphatic heterocycles. The van der Waals surface area contributed by atoms with Gasteiger partial charge >= 0.3 is 5.97 Å². The average molecular weight is 200 g/mol. The van der Waals surface area contributed by atoms with Crippen molar-refractivity contribution in [2.75, 3.05) is 0 Å². The lowest BCUT2D eigenvalue weighted by Crippen LogP contribution is -2.13. The SMILES string of the molecule is NC(=O)Cc1nc(CC(=O)O)cs1. The molecule has 1 heterocycles. The van der Waals surface area contributed by atoms with Gasteiger partial charge in [0.15, 0.2) is 0 Å². The van der Waals surface area contributed by atoms with Crippen LogP contribution in [0.5, 0.6) is 0 Å². The van der Waals surface area contributed by atoms with Crippen molar-refractivity contribution in [1.29, 1.82) is 0 Å². The summed E-state index contributed by atoms with van der Waals surface area (Å²) >= 11 is 1.24. The number of nitrogens with two attached hydrogens (primary N) is 1. The monoisotopic (exact) mass is 200 g/mol. The molecule has 1 amide bonds. The summed E-state index contributed by atoms with van der Waals surface area (Å²) in [6, 6.07) is 0. The Bertz CT molecular complexity index is 304. The van der Waals surface area contributed by atoms with E-state index in [1.807, 2.05) is 0 Å². The average Bonchev–Trinajstić information content (AvgIpc) is 2.33. The zero-order chi connectivity index (χ0) is 9.84. The van der Waals surface area contributed by atoms with Crippen molar-refractivity contribution in [2.45, 2.75) is 12.8 Å². The molecule has 13 heavy (non-hydrogen) atoms. The summed E-state index contributed by atoms with van der Waals surface area (Å²) in [7, 11) is 0. The molecule has 3 N–H and O–H groups in total. The molecule has 0 unspecified atom stereocenters. The van der Waals surface area contributed by atoms with Gasteiger partial charge in [0, 0.05) is 5.38 Å². The van der Waals surface area contributed by atoms with E-state index < -0.39 is 11.9 Å². The van der Waals surface area contributed by atoms with Crippen LogP contribution in [-0.4, -0.2) is 22.0 Å². The minimum Gasteiger partial charge on any atom is -0.481 e. The zero-order valence-corrected chi connectivity index (χ0v) is 7.50. The number of primary amides is 1. The first-order valence-corrected chi connectivity index (χ1v) is 4.39. The molecule has 0 bridgehead atoms. The van der Waals surface area contributed by atoms with Crippen molar-refractivity contribution >= 4 is 23.2 Å². The standard InChI is InChI=1S/C7H8N2O3S/c8-5(10)2-6-9-4(3-13-6)1-7(11)12/h3H,1-2H2,(H2,8,10)(H,11,12). The maximum absolute atomic E-state index is 10.5. The first-order valence-electron chi connectivity index (χ1n) is 3.51. The number of nitrogens with zero attached hydrogens (tertiary/aromatic N) is 1. The highest BCUT2D eigenvalue weighted by Gasteiger charge is 2.07.